The highest BCUT2D eigenvalue weighted by molar-refractivity contribution is 5.89. The van der Waals surface area contributed by atoms with Gasteiger partial charge in [-0.2, -0.15) is 5.10 Å². The molecule has 0 unspecified atom stereocenters. The van der Waals surface area contributed by atoms with Crippen LogP contribution in [0.5, 0.6) is 0 Å². The van der Waals surface area contributed by atoms with E-state index in [4.69, 9.17) is 0 Å². The maximum atomic E-state index is 11.7. The van der Waals surface area contributed by atoms with E-state index >= 15 is 0 Å². The van der Waals surface area contributed by atoms with E-state index in [0.717, 1.165) is 18.4 Å². The van der Waals surface area contributed by atoms with Gasteiger partial charge in [-0.3, -0.25) is 10.4 Å². The fourth-order valence-corrected chi connectivity index (χ4v) is 2.05. The molecule has 3 N–H and O–H groups in total. The number of urea groups is 1. The molecule has 1 aliphatic rings. The van der Waals surface area contributed by atoms with E-state index in [1.54, 1.807) is 6.20 Å². The summed E-state index contributed by atoms with van der Waals surface area (Å²) in [5, 5.41) is 12.4. The summed E-state index contributed by atoms with van der Waals surface area (Å²) < 4.78 is 0. The minimum absolute atomic E-state index is 0.140. The fourth-order valence-electron chi connectivity index (χ4n) is 2.05. The summed E-state index contributed by atoms with van der Waals surface area (Å²) >= 11 is 0. The molecule has 0 spiro atoms. The molecule has 1 fully saturated rings. The topological polar surface area (TPSA) is 69.8 Å². The van der Waals surface area contributed by atoms with Gasteiger partial charge in [-0.15, -0.1) is 0 Å². The van der Waals surface area contributed by atoms with E-state index in [1.807, 2.05) is 6.92 Å². The molecule has 0 radical (unpaired) electrons. The third-order valence-corrected chi connectivity index (χ3v) is 3.01. The lowest BCUT2D eigenvalue weighted by Gasteiger charge is -2.22. The Balaban J connectivity index is 1.82. The zero-order valence-corrected chi connectivity index (χ0v) is 9.55. The lowest BCUT2D eigenvalue weighted by Crippen LogP contribution is -2.39. The standard InChI is InChI=1S/C11H18N4O/c1-8-7-12-15-10(8)14-11(16)13-9-5-3-2-4-6-9/h7,9H,2-6H2,1H3,(H3,12,13,14,15,16). The zero-order valence-electron chi connectivity index (χ0n) is 9.55. The Labute approximate surface area is 95.0 Å². The Morgan fingerprint density at radius 2 is 2.19 bits per heavy atom. The second-order valence-electron chi connectivity index (χ2n) is 4.36. The first-order valence-corrected chi connectivity index (χ1v) is 5.83. The second-order valence-corrected chi connectivity index (χ2v) is 4.36. The van der Waals surface area contributed by atoms with Gasteiger partial charge in [0.1, 0.15) is 5.82 Å². The third kappa shape index (κ3) is 2.74. The summed E-state index contributed by atoms with van der Waals surface area (Å²) in [6.45, 7) is 1.90. The van der Waals surface area contributed by atoms with E-state index in [0.29, 0.717) is 11.9 Å². The highest BCUT2D eigenvalue weighted by Gasteiger charge is 2.16. The summed E-state index contributed by atoms with van der Waals surface area (Å²) in [7, 11) is 0. The van der Waals surface area contributed by atoms with E-state index in [1.165, 1.54) is 19.3 Å². The van der Waals surface area contributed by atoms with Gasteiger partial charge in [0.05, 0.1) is 6.20 Å². The van der Waals surface area contributed by atoms with Crippen molar-refractivity contribution in [2.75, 3.05) is 5.32 Å². The van der Waals surface area contributed by atoms with Gasteiger partial charge in [-0.25, -0.2) is 4.79 Å². The Morgan fingerprint density at radius 3 is 2.81 bits per heavy atom. The Bertz CT molecular complexity index is 355. The monoisotopic (exact) mass is 222 g/mol. The third-order valence-electron chi connectivity index (χ3n) is 3.01. The highest BCUT2D eigenvalue weighted by Crippen LogP contribution is 2.17. The van der Waals surface area contributed by atoms with Gasteiger partial charge in [-0.1, -0.05) is 19.3 Å². The van der Waals surface area contributed by atoms with Crippen molar-refractivity contribution < 1.29 is 4.79 Å². The average molecular weight is 222 g/mol. The molecule has 0 bridgehead atoms. The fraction of sp³-hybridized carbons (Fsp3) is 0.636. The number of hydrogen-bond donors (Lipinski definition) is 3. The minimum Gasteiger partial charge on any atom is -0.335 e. The highest BCUT2D eigenvalue weighted by atomic mass is 16.2. The van der Waals surface area contributed by atoms with E-state index < -0.39 is 0 Å². The van der Waals surface area contributed by atoms with Gasteiger partial charge in [0.25, 0.3) is 0 Å². The number of H-pyrrole nitrogens is 1. The molecule has 2 amide bonds. The summed E-state index contributed by atoms with van der Waals surface area (Å²) in [5.74, 6) is 0.674. The minimum atomic E-state index is -0.140. The van der Waals surface area contributed by atoms with Crippen molar-refractivity contribution in [3.8, 4) is 0 Å². The van der Waals surface area contributed by atoms with Crippen LogP contribution in [0.3, 0.4) is 0 Å². The number of carbonyl (C=O) groups is 1. The van der Waals surface area contributed by atoms with Gasteiger partial charge >= 0.3 is 6.03 Å². The van der Waals surface area contributed by atoms with E-state index in [-0.39, 0.29) is 6.03 Å². The van der Waals surface area contributed by atoms with Crippen LogP contribution in [-0.4, -0.2) is 22.3 Å². The Morgan fingerprint density at radius 1 is 1.44 bits per heavy atom. The molecule has 0 aliphatic heterocycles. The summed E-state index contributed by atoms with van der Waals surface area (Å²) in [6.07, 6.45) is 7.60. The molecule has 88 valence electrons. The van der Waals surface area contributed by atoms with Crippen LogP contribution >= 0.6 is 0 Å². The number of aryl methyl sites for hydroxylation is 1. The van der Waals surface area contributed by atoms with Gasteiger partial charge in [0.2, 0.25) is 0 Å². The quantitative estimate of drug-likeness (QED) is 0.717. The number of hydrogen-bond acceptors (Lipinski definition) is 2. The van der Waals surface area contributed by atoms with Crippen LogP contribution in [0.1, 0.15) is 37.7 Å². The lowest BCUT2D eigenvalue weighted by molar-refractivity contribution is 0.244. The molecule has 0 saturated heterocycles. The Kier molecular flexibility index (Phi) is 3.44. The number of amides is 2. The van der Waals surface area contributed by atoms with Crippen molar-refractivity contribution in [3.63, 3.8) is 0 Å². The van der Waals surface area contributed by atoms with Crippen molar-refractivity contribution >= 4 is 11.8 Å². The van der Waals surface area contributed by atoms with Crippen LogP contribution in [0.2, 0.25) is 0 Å². The number of carbonyl (C=O) groups excluding carboxylic acids is 1. The molecular weight excluding hydrogens is 204 g/mol. The second kappa shape index (κ2) is 5.01. The maximum absolute atomic E-state index is 11.7. The van der Waals surface area contributed by atoms with Crippen LogP contribution in [0.25, 0.3) is 0 Å². The molecule has 1 aromatic heterocycles. The molecule has 16 heavy (non-hydrogen) atoms. The van der Waals surface area contributed by atoms with Crippen molar-refractivity contribution in [1.82, 2.24) is 15.5 Å². The van der Waals surface area contributed by atoms with Crippen molar-refractivity contribution in [1.29, 1.82) is 0 Å². The molecule has 0 atom stereocenters. The van der Waals surface area contributed by atoms with Crippen LogP contribution in [0, 0.1) is 6.92 Å². The molecule has 1 aromatic rings. The SMILES string of the molecule is Cc1cn[nH]c1NC(=O)NC1CCCCC1. The molecule has 1 saturated carbocycles. The van der Waals surface area contributed by atoms with Gasteiger partial charge in [0, 0.05) is 11.6 Å². The smallest absolute Gasteiger partial charge is 0.320 e. The predicted octanol–water partition coefficient (Wildman–Crippen LogP) is 2.17. The molecule has 1 heterocycles. The first kappa shape index (κ1) is 11.0. The molecule has 5 nitrogen and oxygen atoms in total. The lowest BCUT2D eigenvalue weighted by atomic mass is 9.96. The number of anilines is 1. The van der Waals surface area contributed by atoms with Gasteiger partial charge < -0.3 is 5.32 Å². The molecular formula is C11H18N4O. The molecule has 0 aromatic carbocycles. The van der Waals surface area contributed by atoms with Gasteiger partial charge in [-0.05, 0) is 19.8 Å². The van der Waals surface area contributed by atoms with Crippen LogP contribution in [-0.2, 0) is 0 Å². The number of rotatable bonds is 2. The van der Waals surface area contributed by atoms with E-state index in [2.05, 4.69) is 20.8 Å². The number of nitrogens with one attached hydrogen (secondary N) is 3. The van der Waals surface area contributed by atoms with Crippen LogP contribution < -0.4 is 10.6 Å². The zero-order chi connectivity index (χ0) is 11.4. The van der Waals surface area contributed by atoms with Crippen LogP contribution in [0.4, 0.5) is 10.6 Å². The number of aromatic amines is 1. The molecule has 1 aliphatic carbocycles. The van der Waals surface area contributed by atoms with E-state index in [9.17, 15) is 4.79 Å². The summed E-state index contributed by atoms with van der Waals surface area (Å²) in [6, 6.07) is 0.191. The van der Waals surface area contributed by atoms with Gasteiger partial charge in [0.15, 0.2) is 0 Å². The predicted molar refractivity (Wildman–Crippen MR) is 62.4 cm³/mol. The largest absolute Gasteiger partial charge is 0.335 e. The maximum Gasteiger partial charge on any atom is 0.320 e. The van der Waals surface area contributed by atoms with Crippen molar-refractivity contribution in [2.45, 2.75) is 45.1 Å². The normalized spacial score (nSPS) is 17.1. The molecule has 2 rings (SSSR count). The number of nitrogens with zero attached hydrogens (tertiary/aromatic N) is 1. The Hall–Kier alpha value is -1.52. The number of aromatic nitrogens is 2. The average Bonchev–Trinajstić information content (AvgIpc) is 2.66. The van der Waals surface area contributed by atoms with Crippen LogP contribution in [0.15, 0.2) is 6.20 Å². The summed E-state index contributed by atoms with van der Waals surface area (Å²) in [4.78, 5) is 11.7. The first-order valence-electron chi connectivity index (χ1n) is 5.83. The van der Waals surface area contributed by atoms with Crippen molar-refractivity contribution in [3.05, 3.63) is 11.8 Å². The van der Waals surface area contributed by atoms with Crippen molar-refractivity contribution in [2.24, 2.45) is 0 Å². The first-order chi connectivity index (χ1) is 7.75. The summed E-state index contributed by atoms with van der Waals surface area (Å²) in [5.41, 5.74) is 0.943. The molecule has 5 heteroatoms.